The van der Waals surface area contributed by atoms with Gasteiger partial charge in [-0.1, -0.05) is 53.0 Å². The predicted molar refractivity (Wildman–Crippen MR) is 166 cm³/mol. The van der Waals surface area contributed by atoms with Crippen LogP contribution in [0.15, 0.2) is 101 Å². The second-order valence-corrected chi connectivity index (χ2v) is 11.9. The molecule has 4 aromatic rings. The quantitative estimate of drug-likeness (QED) is 0.141. The van der Waals surface area contributed by atoms with E-state index in [1.807, 2.05) is 26.0 Å². The van der Waals surface area contributed by atoms with Crippen LogP contribution < -0.4 is 19.2 Å². The Morgan fingerprint density at radius 3 is 2.17 bits per heavy atom. The zero-order valence-corrected chi connectivity index (χ0v) is 25.3. The summed E-state index contributed by atoms with van der Waals surface area (Å²) in [7, 11) is -4.06. The summed E-state index contributed by atoms with van der Waals surface area (Å²) in [4.78, 5) is 12.9. The summed E-state index contributed by atoms with van der Waals surface area (Å²) >= 11 is 12.0. The molecule has 0 unspecified atom stereocenters. The number of anilines is 1. The predicted octanol–water partition coefficient (Wildman–Crippen LogP) is 6.63. The van der Waals surface area contributed by atoms with Gasteiger partial charge in [0.15, 0.2) is 11.5 Å². The van der Waals surface area contributed by atoms with Gasteiger partial charge in [0.2, 0.25) is 0 Å². The number of benzene rings is 4. The second kappa shape index (κ2) is 14.2. The number of sulfonamides is 1. The molecule has 0 aromatic heterocycles. The second-order valence-electron chi connectivity index (χ2n) is 9.15. The molecule has 1 N–H and O–H groups in total. The number of halogens is 2. The van der Waals surface area contributed by atoms with Crippen LogP contribution in [-0.2, 0) is 21.4 Å². The molecule has 42 heavy (non-hydrogen) atoms. The lowest BCUT2D eigenvalue weighted by molar-refractivity contribution is -0.119. The molecular formula is C31H29Cl2N3O5S. The maximum absolute atomic E-state index is 13.5. The number of ether oxygens (including phenoxy) is 2. The summed E-state index contributed by atoms with van der Waals surface area (Å²) in [5, 5.41) is 5.11. The number of nitrogens with one attached hydrogen (secondary N) is 1. The third kappa shape index (κ3) is 8.25. The molecule has 0 aliphatic heterocycles. The molecule has 0 heterocycles. The van der Waals surface area contributed by atoms with E-state index >= 15 is 0 Å². The summed E-state index contributed by atoms with van der Waals surface area (Å²) in [6.45, 7) is 3.97. The molecule has 1 amide bonds. The van der Waals surface area contributed by atoms with Crippen LogP contribution in [0.3, 0.4) is 0 Å². The fourth-order valence-corrected chi connectivity index (χ4v) is 5.51. The fraction of sp³-hybridized carbons (Fsp3) is 0.161. The highest BCUT2D eigenvalue weighted by atomic mass is 35.5. The number of carbonyl (C=O) groups excluding carboxylic acids is 1. The van der Waals surface area contributed by atoms with Crippen LogP contribution in [0, 0.1) is 6.92 Å². The average Bonchev–Trinajstić information content (AvgIpc) is 2.97. The third-order valence-corrected chi connectivity index (χ3v) is 8.28. The molecule has 0 saturated heterocycles. The van der Waals surface area contributed by atoms with Crippen molar-refractivity contribution in [2.24, 2.45) is 5.10 Å². The van der Waals surface area contributed by atoms with Crippen molar-refractivity contribution in [3.05, 3.63) is 118 Å². The van der Waals surface area contributed by atoms with Crippen molar-refractivity contribution >= 4 is 51.0 Å². The van der Waals surface area contributed by atoms with Crippen LogP contribution in [0.5, 0.6) is 11.5 Å². The Morgan fingerprint density at radius 2 is 1.52 bits per heavy atom. The molecule has 0 saturated carbocycles. The number of aryl methyl sites for hydroxylation is 1. The van der Waals surface area contributed by atoms with Gasteiger partial charge in [-0.25, -0.2) is 13.8 Å². The highest BCUT2D eigenvalue weighted by molar-refractivity contribution is 7.92. The first-order valence-corrected chi connectivity index (χ1v) is 15.2. The molecule has 0 radical (unpaired) electrons. The number of nitrogens with zero attached hydrogens (tertiary/aromatic N) is 2. The number of rotatable bonds is 12. The van der Waals surface area contributed by atoms with E-state index in [1.165, 1.54) is 30.5 Å². The van der Waals surface area contributed by atoms with E-state index < -0.39 is 22.5 Å². The largest absolute Gasteiger partial charge is 0.490 e. The van der Waals surface area contributed by atoms with Crippen molar-refractivity contribution in [2.75, 3.05) is 17.5 Å². The monoisotopic (exact) mass is 625 g/mol. The number of hydrogen-bond acceptors (Lipinski definition) is 6. The first-order valence-electron chi connectivity index (χ1n) is 13.0. The lowest BCUT2D eigenvalue weighted by Gasteiger charge is -2.23. The molecule has 0 spiro atoms. The van der Waals surface area contributed by atoms with E-state index in [-0.39, 0.29) is 10.6 Å². The van der Waals surface area contributed by atoms with Gasteiger partial charge in [0.25, 0.3) is 15.9 Å². The molecule has 0 aliphatic rings. The first kappa shape index (κ1) is 30.9. The van der Waals surface area contributed by atoms with Crippen LogP contribution in [-0.4, -0.2) is 33.7 Å². The highest BCUT2D eigenvalue weighted by Gasteiger charge is 2.27. The van der Waals surface area contributed by atoms with Gasteiger partial charge < -0.3 is 9.47 Å². The minimum atomic E-state index is -4.06. The SMILES string of the molecule is CCOc1cc(/C=N\NC(=O)CN(c2ccc(Cl)cc2)S(=O)(=O)c2ccc(C)cc2)ccc1OCc1ccc(Cl)cc1. The zero-order valence-electron chi connectivity index (χ0n) is 23.0. The van der Waals surface area contributed by atoms with E-state index in [4.69, 9.17) is 32.7 Å². The summed E-state index contributed by atoms with van der Waals surface area (Å²) in [6.07, 6.45) is 1.44. The summed E-state index contributed by atoms with van der Waals surface area (Å²) < 4.78 is 39.7. The number of hydrazone groups is 1. The van der Waals surface area contributed by atoms with Gasteiger partial charge >= 0.3 is 0 Å². The van der Waals surface area contributed by atoms with Gasteiger partial charge in [-0.05, 0) is 91.7 Å². The Kier molecular flexibility index (Phi) is 10.5. The van der Waals surface area contributed by atoms with Crippen LogP contribution in [0.1, 0.15) is 23.6 Å². The standard InChI is InChI=1S/C31H29Cl2N3O5S/c1-3-40-30-18-24(8-17-29(30)41-21-23-6-9-25(32)10-7-23)19-34-35-31(37)20-36(27-13-11-26(33)12-14-27)42(38,39)28-15-4-22(2)5-16-28/h4-19H,3,20-21H2,1-2H3,(H,35,37)/b34-19-. The molecule has 8 nitrogen and oxygen atoms in total. The van der Waals surface area contributed by atoms with Crippen LogP contribution >= 0.6 is 23.2 Å². The van der Waals surface area contributed by atoms with Crippen LogP contribution in [0.4, 0.5) is 5.69 Å². The zero-order chi connectivity index (χ0) is 30.1. The van der Waals surface area contributed by atoms with Crippen molar-refractivity contribution < 1.29 is 22.7 Å². The van der Waals surface area contributed by atoms with E-state index in [1.54, 1.807) is 54.6 Å². The van der Waals surface area contributed by atoms with Crippen molar-refractivity contribution in [3.63, 3.8) is 0 Å². The Bertz CT molecular complexity index is 1640. The summed E-state index contributed by atoms with van der Waals surface area (Å²) in [5.74, 6) is 0.428. The first-order chi connectivity index (χ1) is 20.2. The van der Waals surface area contributed by atoms with Gasteiger partial charge in [-0.2, -0.15) is 5.10 Å². The van der Waals surface area contributed by atoms with Gasteiger partial charge in [0.05, 0.1) is 23.4 Å². The van der Waals surface area contributed by atoms with E-state index in [9.17, 15) is 13.2 Å². The van der Waals surface area contributed by atoms with Crippen molar-refractivity contribution in [3.8, 4) is 11.5 Å². The van der Waals surface area contributed by atoms with Crippen LogP contribution in [0.25, 0.3) is 0 Å². The summed E-state index contributed by atoms with van der Waals surface area (Å²) in [6, 6.07) is 25.2. The normalized spacial score (nSPS) is 11.3. The Labute approximate surface area is 255 Å². The Balaban J connectivity index is 1.46. The Hall–Kier alpha value is -4.05. The Morgan fingerprint density at radius 1 is 0.881 bits per heavy atom. The number of amides is 1. The topological polar surface area (TPSA) is 97.3 Å². The smallest absolute Gasteiger partial charge is 0.264 e. The van der Waals surface area contributed by atoms with Crippen molar-refractivity contribution in [2.45, 2.75) is 25.3 Å². The van der Waals surface area contributed by atoms with Crippen LogP contribution in [0.2, 0.25) is 10.0 Å². The third-order valence-electron chi connectivity index (χ3n) is 5.99. The molecule has 0 atom stereocenters. The lowest BCUT2D eigenvalue weighted by Crippen LogP contribution is -2.39. The lowest BCUT2D eigenvalue weighted by atomic mass is 10.2. The minimum Gasteiger partial charge on any atom is -0.490 e. The van der Waals surface area contributed by atoms with Gasteiger partial charge in [-0.3, -0.25) is 9.10 Å². The molecule has 4 rings (SSSR count). The van der Waals surface area contributed by atoms with E-state index in [2.05, 4.69) is 10.5 Å². The number of hydrogen-bond donors (Lipinski definition) is 1. The molecule has 218 valence electrons. The maximum atomic E-state index is 13.5. The molecule has 4 aromatic carbocycles. The van der Waals surface area contributed by atoms with Crippen molar-refractivity contribution in [1.82, 2.24) is 5.43 Å². The minimum absolute atomic E-state index is 0.0566. The van der Waals surface area contributed by atoms with E-state index in [0.717, 1.165) is 15.4 Å². The molecule has 0 bridgehead atoms. The maximum Gasteiger partial charge on any atom is 0.264 e. The summed E-state index contributed by atoms with van der Waals surface area (Å²) in [5.41, 5.74) is 5.19. The van der Waals surface area contributed by atoms with E-state index in [0.29, 0.717) is 40.3 Å². The highest BCUT2D eigenvalue weighted by Crippen LogP contribution is 2.29. The molecule has 11 heteroatoms. The average molecular weight is 627 g/mol. The van der Waals surface area contributed by atoms with Gasteiger partial charge in [-0.15, -0.1) is 0 Å². The number of carbonyl (C=O) groups is 1. The molecular weight excluding hydrogens is 597 g/mol. The fourth-order valence-electron chi connectivity index (χ4n) is 3.84. The molecule has 0 fully saturated rings. The van der Waals surface area contributed by atoms with Gasteiger partial charge in [0.1, 0.15) is 13.2 Å². The van der Waals surface area contributed by atoms with Crippen molar-refractivity contribution in [1.29, 1.82) is 0 Å². The molecule has 0 aliphatic carbocycles. The van der Waals surface area contributed by atoms with Gasteiger partial charge in [0, 0.05) is 10.0 Å².